The largest absolute Gasteiger partial charge is 0.444 e. The van der Waals surface area contributed by atoms with Gasteiger partial charge in [-0.1, -0.05) is 19.3 Å². The third-order valence-electron chi connectivity index (χ3n) is 3.83. The van der Waals surface area contributed by atoms with Crippen LogP contribution in [0.25, 0.3) is 11.7 Å². The quantitative estimate of drug-likeness (QED) is 0.846. The van der Waals surface area contributed by atoms with Gasteiger partial charge in [0.05, 0.1) is 6.54 Å². The first-order valence-corrected chi connectivity index (χ1v) is 7.80. The van der Waals surface area contributed by atoms with Crippen LogP contribution in [-0.2, 0) is 6.54 Å². The second-order valence-corrected chi connectivity index (χ2v) is 6.09. The van der Waals surface area contributed by atoms with Crippen molar-refractivity contribution in [2.24, 2.45) is 0 Å². The highest BCUT2D eigenvalue weighted by Gasteiger charge is 2.20. The number of aromatic nitrogens is 2. The van der Waals surface area contributed by atoms with Gasteiger partial charge in [-0.3, -0.25) is 4.90 Å². The molecule has 108 valence electrons. The molecule has 0 aromatic carbocycles. The molecule has 5 nitrogen and oxygen atoms in total. The normalized spacial score (nSPS) is 16.9. The van der Waals surface area contributed by atoms with Crippen molar-refractivity contribution in [3.63, 3.8) is 0 Å². The highest BCUT2D eigenvalue weighted by atomic mass is 79.9. The summed E-state index contributed by atoms with van der Waals surface area (Å²) in [7, 11) is 2.13. The Bertz CT molecular complexity index is 560. The highest BCUT2D eigenvalue weighted by molar-refractivity contribution is 9.10. The smallest absolute Gasteiger partial charge is 0.283 e. The summed E-state index contributed by atoms with van der Waals surface area (Å²) in [5.74, 6) is 1.67. The van der Waals surface area contributed by atoms with Gasteiger partial charge < -0.3 is 8.83 Å². The Balaban J connectivity index is 1.64. The molecule has 1 aliphatic rings. The first-order valence-electron chi connectivity index (χ1n) is 7.01. The lowest BCUT2D eigenvalue weighted by Crippen LogP contribution is -2.32. The molecule has 0 amide bonds. The van der Waals surface area contributed by atoms with E-state index in [0.29, 0.717) is 34.8 Å². The zero-order valence-electron chi connectivity index (χ0n) is 11.5. The zero-order valence-corrected chi connectivity index (χ0v) is 13.1. The number of hydrogen-bond donors (Lipinski definition) is 0. The van der Waals surface area contributed by atoms with Gasteiger partial charge in [-0.25, -0.2) is 0 Å². The monoisotopic (exact) mass is 339 g/mol. The van der Waals surface area contributed by atoms with Crippen LogP contribution >= 0.6 is 15.9 Å². The van der Waals surface area contributed by atoms with E-state index >= 15 is 0 Å². The van der Waals surface area contributed by atoms with Crippen LogP contribution in [0.2, 0.25) is 0 Å². The second kappa shape index (κ2) is 6.10. The fourth-order valence-corrected chi connectivity index (χ4v) is 3.02. The van der Waals surface area contributed by atoms with Crippen molar-refractivity contribution in [1.29, 1.82) is 0 Å². The number of halogens is 1. The molecule has 2 aromatic rings. The maximum atomic E-state index is 5.67. The maximum Gasteiger partial charge on any atom is 0.283 e. The topological polar surface area (TPSA) is 55.3 Å². The van der Waals surface area contributed by atoms with E-state index in [1.807, 2.05) is 12.1 Å². The SMILES string of the molecule is CN(Cc1nnc(-c2ccc(Br)o2)o1)C1CCCCC1. The van der Waals surface area contributed by atoms with Gasteiger partial charge in [0.15, 0.2) is 10.4 Å². The van der Waals surface area contributed by atoms with Crippen molar-refractivity contribution >= 4 is 15.9 Å². The summed E-state index contributed by atoms with van der Waals surface area (Å²) in [6, 6.07) is 4.26. The molecule has 0 radical (unpaired) electrons. The number of nitrogens with zero attached hydrogens (tertiary/aromatic N) is 3. The van der Waals surface area contributed by atoms with Crippen LogP contribution < -0.4 is 0 Å². The number of furan rings is 1. The molecule has 2 heterocycles. The van der Waals surface area contributed by atoms with Crippen LogP contribution in [-0.4, -0.2) is 28.2 Å². The Morgan fingerprint density at radius 1 is 1.20 bits per heavy atom. The van der Waals surface area contributed by atoms with Crippen LogP contribution in [0.5, 0.6) is 0 Å². The molecule has 0 bridgehead atoms. The fourth-order valence-electron chi connectivity index (χ4n) is 2.71. The van der Waals surface area contributed by atoms with Crippen LogP contribution in [0.4, 0.5) is 0 Å². The van der Waals surface area contributed by atoms with Crippen LogP contribution in [0, 0.1) is 0 Å². The van der Waals surface area contributed by atoms with Gasteiger partial charge in [0.2, 0.25) is 5.89 Å². The summed E-state index contributed by atoms with van der Waals surface area (Å²) in [6.07, 6.45) is 6.54. The number of hydrogen-bond acceptors (Lipinski definition) is 5. The van der Waals surface area contributed by atoms with Gasteiger partial charge in [-0.15, -0.1) is 10.2 Å². The van der Waals surface area contributed by atoms with Crippen molar-refractivity contribution in [1.82, 2.24) is 15.1 Å². The van der Waals surface area contributed by atoms with Gasteiger partial charge in [0.25, 0.3) is 5.89 Å². The third-order valence-corrected chi connectivity index (χ3v) is 4.26. The van der Waals surface area contributed by atoms with Gasteiger partial charge in [-0.2, -0.15) is 0 Å². The van der Waals surface area contributed by atoms with Crippen LogP contribution in [0.3, 0.4) is 0 Å². The zero-order chi connectivity index (χ0) is 13.9. The lowest BCUT2D eigenvalue weighted by atomic mass is 9.94. The van der Waals surface area contributed by atoms with E-state index in [9.17, 15) is 0 Å². The van der Waals surface area contributed by atoms with Gasteiger partial charge >= 0.3 is 0 Å². The van der Waals surface area contributed by atoms with Crippen LogP contribution in [0.1, 0.15) is 38.0 Å². The molecule has 0 N–H and O–H groups in total. The summed E-state index contributed by atoms with van der Waals surface area (Å²) < 4.78 is 11.7. The van der Waals surface area contributed by atoms with Crippen LogP contribution in [0.15, 0.2) is 25.6 Å². The Labute approximate surface area is 126 Å². The van der Waals surface area contributed by atoms with E-state index in [4.69, 9.17) is 8.83 Å². The predicted molar refractivity (Wildman–Crippen MR) is 78.0 cm³/mol. The molecule has 1 saturated carbocycles. The van der Waals surface area contributed by atoms with Gasteiger partial charge in [-0.05, 0) is 48.0 Å². The lowest BCUT2D eigenvalue weighted by Gasteiger charge is -2.29. The first-order chi connectivity index (χ1) is 9.72. The van der Waals surface area contributed by atoms with Crippen molar-refractivity contribution in [2.45, 2.75) is 44.7 Å². The summed E-state index contributed by atoms with van der Waals surface area (Å²) in [5.41, 5.74) is 0. The Hall–Kier alpha value is -1.14. The van der Waals surface area contributed by atoms with E-state index in [1.165, 1.54) is 32.1 Å². The second-order valence-electron chi connectivity index (χ2n) is 5.31. The minimum Gasteiger partial charge on any atom is -0.444 e. The predicted octanol–water partition coefficient (Wildman–Crippen LogP) is 3.86. The Morgan fingerprint density at radius 2 is 2.00 bits per heavy atom. The van der Waals surface area contributed by atoms with E-state index in [-0.39, 0.29) is 0 Å². The summed E-state index contributed by atoms with van der Waals surface area (Å²) in [5, 5.41) is 8.14. The molecule has 0 atom stereocenters. The third kappa shape index (κ3) is 3.12. The van der Waals surface area contributed by atoms with Gasteiger partial charge in [0, 0.05) is 6.04 Å². The summed E-state index contributed by atoms with van der Waals surface area (Å²) in [4.78, 5) is 2.31. The van der Waals surface area contributed by atoms with E-state index in [2.05, 4.69) is 38.1 Å². The minimum atomic E-state index is 0.433. The van der Waals surface area contributed by atoms with Gasteiger partial charge in [0.1, 0.15) is 0 Å². The van der Waals surface area contributed by atoms with E-state index in [0.717, 1.165) is 0 Å². The molecule has 1 aliphatic carbocycles. The fraction of sp³-hybridized carbons (Fsp3) is 0.571. The molecule has 0 unspecified atom stereocenters. The summed E-state index contributed by atoms with van der Waals surface area (Å²) in [6.45, 7) is 0.694. The molecule has 1 fully saturated rings. The molecule has 3 rings (SSSR count). The molecule has 2 aromatic heterocycles. The molecule has 0 saturated heterocycles. The Morgan fingerprint density at radius 3 is 2.70 bits per heavy atom. The van der Waals surface area contributed by atoms with Crippen molar-refractivity contribution in [3.05, 3.63) is 22.7 Å². The summed E-state index contributed by atoms with van der Waals surface area (Å²) >= 11 is 3.26. The maximum absolute atomic E-state index is 5.67. The Kier molecular flexibility index (Phi) is 4.21. The van der Waals surface area contributed by atoms with E-state index in [1.54, 1.807) is 0 Å². The molecule has 6 heteroatoms. The minimum absolute atomic E-state index is 0.433. The number of rotatable bonds is 4. The average Bonchev–Trinajstić information content (AvgIpc) is 3.09. The lowest BCUT2D eigenvalue weighted by molar-refractivity contribution is 0.170. The standard InChI is InChI=1S/C14H18BrN3O2/c1-18(10-5-3-2-4-6-10)9-13-16-17-14(20-13)11-7-8-12(15)19-11/h7-8,10H,2-6,9H2,1H3. The molecular formula is C14H18BrN3O2. The average molecular weight is 340 g/mol. The van der Waals surface area contributed by atoms with Crippen molar-refractivity contribution in [3.8, 4) is 11.7 Å². The molecule has 20 heavy (non-hydrogen) atoms. The molecule has 0 spiro atoms. The molecule has 0 aliphatic heterocycles. The highest BCUT2D eigenvalue weighted by Crippen LogP contribution is 2.25. The van der Waals surface area contributed by atoms with Crippen molar-refractivity contribution < 1.29 is 8.83 Å². The van der Waals surface area contributed by atoms with E-state index < -0.39 is 0 Å². The first kappa shape index (κ1) is 13.8. The van der Waals surface area contributed by atoms with Crippen molar-refractivity contribution in [2.75, 3.05) is 7.05 Å². The molecular weight excluding hydrogens is 322 g/mol.